The largest absolute Gasteiger partial charge is 0.482 e. The molecule has 22 heavy (non-hydrogen) atoms. The van der Waals surface area contributed by atoms with Crippen LogP contribution in [-0.2, 0) is 9.59 Å². The Balaban J connectivity index is 1.97. The molecule has 120 valence electrons. The summed E-state index contributed by atoms with van der Waals surface area (Å²) in [6.07, 6.45) is 1.26. The van der Waals surface area contributed by atoms with Crippen molar-refractivity contribution in [3.8, 4) is 5.75 Å². The molecule has 1 amide bonds. The summed E-state index contributed by atoms with van der Waals surface area (Å²) in [5.41, 5.74) is 0. The van der Waals surface area contributed by atoms with Crippen molar-refractivity contribution in [2.75, 3.05) is 13.2 Å². The SMILES string of the molecule is CC1CCC(C(=O)O)CN1C(=O)COc1ccc(Cl)cc1Cl. The van der Waals surface area contributed by atoms with Gasteiger partial charge in [0.05, 0.1) is 10.9 Å². The lowest BCUT2D eigenvalue weighted by molar-refractivity contribution is -0.147. The van der Waals surface area contributed by atoms with Crippen molar-refractivity contribution in [2.45, 2.75) is 25.8 Å². The number of rotatable bonds is 4. The van der Waals surface area contributed by atoms with E-state index in [-0.39, 0.29) is 25.1 Å². The normalized spacial score (nSPS) is 21.5. The standard InChI is InChI=1S/C15H17Cl2NO4/c1-9-2-3-10(15(20)21)7-18(9)14(19)8-22-13-5-4-11(16)6-12(13)17/h4-6,9-10H,2-3,7-8H2,1H3,(H,20,21). The van der Waals surface area contributed by atoms with Gasteiger partial charge in [-0.05, 0) is 38.0 Å². The number of nitrogens with zero attached hydrogens (tertiary/aromatic N) is 1. The van der Waals surface area contributed by atoms with Gasteiger partial charge in [0, 0.05) is 17.6 Å². The number of carboxylic acids is 1. The Bertz CT molecular complexity index is 579. The summed E-state index contributed by atoms with van der Waals surface area (Å²) in [7, 11) is 0. The van der Waals surface area contributed by atoms with Gasteiger partial charge in [-0.3, -0.25) is 9.59 Å². The van der Waals surface area contributed by atoms with E-state index in [0.717, 1.165) is 0 Å². The maximum Gasteiger partial charge on any atom is 0.308 e. The zero-order chi connectivity index (χ0) is 16.3. The predicted octanol–water partition coefficient (Wildman–Crippen LogP) is 3.08. The third-order valence-electron chi connectivity index (χ3n) is 3.80. The molecule has 1 saturated heterocycles. The van der Waals surface area contributed by atoms with Gasteiger partial charge < -0.3 is 14.7 Å². The smallest absolute Gasteiger partial charge is 0.308 e. The maximum atomic E-state index is 12.3. The van der Waals surface area contributed by atoms with Crippen LogP contribution in [0.4, 0.5) is 0 Å². The predicted molar refractivity (Wildman–Crippen MR) is 83.5 cm³/mol. The van der Waals surface area contributed by atoms with Crippen molar-refractivity contribution >= 4 is 35.1 Å². The van der Waals surface area contributed by atoms with Gasteiger partial charge in [-0.25, -0.2) is 0 Å². The van der Waals surface area contributed by atoms with Gasteiger partial charge in [0.25, 0.3) is 5.91 Å². The maximum absolute atomic E-state index is 12.3. The van der Waals surface area contributed by atoms with Crippen molar-refractivity contribution < 1.29 is 19.4 Å². The van der Waals surface area contributed by atoms with E-state index in [4.69, 9.17) is 33.0 Å². The Morgan fingerprint density at radius 2 is 2.09 bits per heavy atom. The molecule has 0 bridgehead atoms. The highest BCUT2D eigenvalue weighted by atomic mass is 35.5. The third-order valence-corrected chi connectivity index (χ3v) is 4.33. The van der Waals surface area contributed by atoms with Crippen LogP contribution in [0.1, 0.15) is 19.8 Å². The number of hydrogen-bond acceptors (Lipinski definition) is 3. The van der Waals surface area contributed by atoms with Gasteiger partial charge >= 0.3 is 5.97 Å². The second kappa shape index (κ2) is 7.20. The molecule has 1 fully saturated rings. The van der Waals surface area contributed by atoms with Gasteiger partial charge in [0.1, 0.15) is 5.75 Å². The minimum Gasteiger partial charge on any atom is -0.482 e. The number of benzene rings is 1. The van der Waals surface area contributed by atoms with Crippen molar-refractivity contribution in [2.24, 2.45) is 5.92 Å². The Morgan fingerprint density at radius 3 is 2.73 bits per heavy atom. The van der Waals surface area contributed by atoms with Gasteiger partial charge in [-0.15, -0.1) is 0 Å². The number of likely N-dealkylation sites (tertiary alicyclic amines) is 1. The molecular formula is C15H17Cl2NO4. The topological polar surface area (TPSA) is 66.8 Å². The molecule has 2 rings (SSSR count). The van der Waals surface area contributed by atoms with Crippen LogP contribution in [0.5, 0.6) is 5.75 Å². The van der Waals surface area contributed by atoms with Crippen LogP contribution in [-0.4, -0.2) is 41.1 Å². The fourth-order valence-electron chi connectivity index (χ4n) is 2.47. The van der Waals surface area contributed by atoms with Gasteiger partial charge in [0.2, 0.25) is 0 Å². The van der Waals surface area contributed by atoms with Crippen LogP contribution >= 0.6 is 23.2 Å². The Morgan fingerprint density at radius 1 is 1.36 bits per heavy atom. The van der Waals surface area contributed by atoms with Crippen LogP contribution in [0.2, 0.25) is 10.0 Å². The minimum absolute atomic E-state index is 0.00684. The highest BCUT2D eigenvalue weighted by molar-refractivity contribution is 6.35. The first-order chi connectivity index (χ1) is 10.4. The Kier molecular flexibility index (Phi) is 5.53. The second-order valence-corrected chi connectivity index (χ2v) is 6.21. The molecule has 1 heterocycles. The summed E-state index contributed by atoms with van der Waals surface area (Å²) in [6.45, 7) is 1.94. The van der Waals surface area contributed by atoms with Gasteiger partial charge in [0.15, 0.2) is 6.61 Å². The number of amides is 1. The molecule has 0 radical (unpaired) electrons. The molecule has 2 atom stereocenters. The van der Waals surface area contributed by atoms with Crippen molar-refractivity contribution in [3.63, 3.8) is 0 Å². The zero-order valence-electron chi connectivity index (χ0n) is 12.1. The molecule has 0 aromatic heterocycles. The van der Waals surface area contributed by atoms with Crippen LogP contribution in [0, 0.1) is 5.92 Å². The molecule has 1 aromatic carbocycles. The molecule has 0 spiro atoms. The highest BCUT2D eigenvalue weighted by Crippen LogP contribution is 2.28. The summed E-state index contributed by atoms with van der Waals surface area (Å²) in [5, 5.41) is 9.91. The van der Waals surface area contributed by atoms with E-state index in [2.05, 4.69) is 0 Å². The fraction of sp³-hybridized carbons (Fsp3) is 0.467. The molecular weight excluding hydrogens is 329 g/mol. The van der Waals surface area contributed by atoms with E-state index in [1.165, 1.54) is 6.07 Å². The summed E-state index contributed by atoms with van der Waals surface area (Å²) < 4.78 is 5.42. The highest BCUT2D eigenvalue weighted by Gasteiger charge is 2.32. The fourth-order valence-corrected chi connectivity index (χ4v) is 2.93. The summed E-state index contributed by atoms with van der Waals surface area (Å²) in [5.74, 6) is -1.26. The molecule has 2 unspecified atom stereocenters. The molecule has 0 saturated carbocycles. The van der Waals surface area contributed by atoms with Crippen LogP contribution < -0.4 is 4.74 Å². The van der Waals surface area contributed by atoms with Crippen molar-refractivity contribution in [3.05, 3.63) is 28.2 Å². The first-order valence-electron chi connectivity index (χ1n) is 6.98. The monoisotopic (exact) mass is 345 g/mol. The van der Waals surface area contributed by atoms with Crippen LogP contribution in [0.15, 0.2) is 18.2 Å². The number of halogens is 2. The van der Waals surface area contributed by atoms with E-state index < -0.39 is 11.9 Å². The average Bonchev–Trinajstić information content (AvgIpc) is 2.46. The quantitative estimate of drug-likeness (QED) is 0.910. The summed E-state index contributed by atoms with van der Waals surface area (Å²) in [4.78, 5) is 24.9. The molecule has 7 heteroatoms. The van der Waals surface area contributed by atoms with Gasteiger partial charge in [-0.2, -0.15) is 0 Å². The molecule has 1 aliphatic rings. The lowest BCUT2D eigenvalue weighted by atomic mass is 9.93. The Labute approximate surface area is 138 Å². The van der Waals surface area contributed by atoms with Crippen LogP contribution in [0.3, 0.4) is 0 Å². The summed E-state index contributed by atoms with van der Waals surface area (Å²) >= 11 is 11.8. The Hall–Kier alpha value is -1.46. The zero-order valence-corrected chi connectivity index (χ0v) is 13.6. The first-order valence-corrected chi connectivity index (χ1v) is 7.74. The molecule has 1 aromatic rings. The van der Waals surface area contributed by atoms with E-state index in [1.807, 2.05) is 6.92 Å². The number of carbonyl (C=O) groups excluding carboxylic acids is 1. The van der Waals surface area contributed by atoms with E-state index in [0.29, 0.717) is 28.6 Å². The number of carbonyl (C=O) groups is 2. The van der Waals surface area contributed by atoms with Gasteiger partial charge in [-0.1, -0.05) is 23.2 Å². The van der Waals surface area contributed by atoms with Crippen molar-refractivity contribution in [1.82, 2.24) is 4.90 Å². The minimum atomic E-state index is -0.869. The second-order valence-electron chi connectivity index (χ2n) is 5.37. The number of aliphatic carboxylic acids is 1. The van der Waals surface area contributed by atoms with Crippen molar-refractivity contribution in [1.29, 1.82) is 0 Å². The van der Waals surface area contributed by atoms with E-state index in [9.17, 15) is 9.59 Å². The molecule has 1 N–H and O–H groups in total. The number of hydrogen-bond donors (Lipinski definition) is 1. The molecule has 5 nitrogen and oxygen atoms in total. The molecule has 1 aliphatic heterocycles. The van der Waals surface area contributed by atoms with E-state index in [1.54, 1.807) is 17.0 Å². The lowest BCUT2D eigenvalue weighted by Crippen LogP contribution is -2.49. The van der Waals surface area contributed by atoms with E-state index >= 15 is 0 Å². The number of ether oxygens (including phenoxy) is 1. The average molecular weight is 346 g/mol. The summed E-state index contributed by atoms with van der Waals surface area (Å²) in [6, 6.07) is 4.76. The van der Waals surface area contributed by atoms with Crippen LogP contribution in [0.25, 0.3) is 0 Å². The first kappa shape index (κ1) is 16.9. The number of piperidine rings is 1. The lowest BCUT2D eigenvalue weighted by Gasteiger charge is -2.36. The third kappa shape index (κ3) is 4.05. The number of carboxylic acid groups (broad SMARTS) is 1. The molecule has 0 aliphatic carbocycles.